The Morgan fingerprint density at radius 2 is 2.31 bits per heavy atom. The third-order valence-corrected chi connectivity index (χ3v) is 1.99. The van der Waals surface area contributed by atoms with Gasteiger partial charge in [-0.25, -0.2) is 5.48 Å². The molecule has 4 heteroatoms. The molecule has 1 atom stereocenters. The lowest BCUT2D eigenvalue weighted by molar-refractivity contribution is -0.125. The fraction of sp³-hybridized carbons (Fsp3) is 0.333. The lowest BCUT2D eigenvalue weighted by atomic mass is 9.93. The Kier molecular flexibility index (Phi) is 2.97. The maximum Gasteiger partial charge on any atom is 0.274 e. The van der Waals surface area contributed by atoms with Gasteiger partial charge in [0.05, 0.1) is 0 Å². The first kappa shape index (κ1) is 9.67. The molecule has 0 bridgehead atoms. The second-order valence-corrected chi connectivity index (χ2v) is 2.91. The molecule has 0 fully saturated rings. The van der Waals surface area contributed by atoms with E-state index in [1.807, 2.05) is 0 Å². The average molecular weight is 181 g/mol. The Hall–Kier alpha value is -1.42. The number of hydrogen-bond acceptors (Lipinski definition) is 3. The number of nitrogens with one attached hydrogen (secondary N) is 1. The molecule has 0 saturated carbocycles. The first-order chi connectivity index (χ1) is 6.15. The molecule has 0 aromatic heterocycles. The smallest absolute Gasteiger partial charge is 0.274 e. The average Bonchev–Trinajstić information content (AvgIpc) is 2.17. The van der Waals surface area contributed by atoms with Crippen molar-refractivity contribution < 1.29 is 14.8 Å². The van der Waals surface area contributed by atoms with Crippen LogP contribution >= 0.6 is 0 Å². The van der Waals surface area contributed by atoms with Crippen molar-refractivity contribution in [3.8, 4) is 0 Å². The Labute approximate surface area is 75.9 Å². The molecule has 0 aromatic carbocycles. The minimum atomic E-state index is -0.543. The van der Waals surface area contributed by atoms with Gasteiger partial charge in [-0.3, -0.25) is 14.8 Å². The Balaban J connectivity index is 2.65. The van der Waals surface area contributed by atoms with Crippen molar-refractivity contribution in [1.29, 1.82) is 0 Å². The summed E-state index contributed by atoms with van der Waals surface area (Å²) in [4.78, 5) is 21.8. The number of allylic oxidation sites excluding steroid dienone is 2. The van der Waals surface area contributed by atoms with Crippen LogP contribution in [-0.2, 0) is 9.59 Å². The molecule has 0 spiro atoms. The van der Waals surface area contributed by atoms with E-state index < -0.39 is 5.91 Å². The fourth-order valence-electron chi connectivity index (χ4n) is 1.15. The second-order valence-electron chi connectivity index (χ2n) is 2.91. The monoisotopic (exact) mass is 181 g/mol. The van der Waals surface area contributed by atoms with Crippen molar-refractivity contribution in [3.63, 3.8) is 0 Å². The van der Waals surface area contributed by atoms with Gasteiger partial charge in [0.2, 0.25) is 0 Å². The number of amides is 1. The van der Waals surface area contributed by atoms with Crippen molar-refractivity contribution in [3.05, 3.63) is 23.8 Å². The number of ketones is 1. The molecule has 70 valence electrons. The SMILES string of the molecule is CC(=O)C1C=CC(C(=O)NO)=CC1. The number of hydrogen-bond donors (Lipinski definition) is 2. The highest BCUT2D eigenvalue weighted by atomic mass is 16.5. The number of carbonyl (C=O) groups excluding carboxylic acids is 2. The summed E-state index contributed by atoms with van der Waals surface area (Å²) >= 11 is 0. The van der Waals surface area contributed by atoms with Gasteiger partial charge in [0.15, 0.2) is 0 Å². The minimum Gasteiger partial charge on any atom is -0.299 e. The van der Waals surface area contributed by atoms with Gasteiger partial charge >= 0.3 is 0 Å². The number of Topliss-reactive ketones (excluding diaryl/α,β-unsaturated/α-hetero) is 1. The van der Waals surface area contributed by atoms with Crippen LogP contribution in [-0.4, -0.2) is 16.9 Å². The number of carbonyl (C=O) groups is 2. The van der Waals surface area contributed by atoms with E-state index in [-0.39, 0.29) is 11.7 Å². The molecular weight excluding hydrogens is 170 g/mol. The summed E-state index contributed by atoms with van der Waals surface area (Å²) in [5, 5.41) is 8.32. The van der Waals surface area contributed by atoms with Crippen LogP contribution < -0.4 is 5.48 Å². The van der Waals surface area contributed by atoms with Gasteiger partial charge in [0.1, 0.15) is 5.78 Å². The highest BCUT2D eigenvalue weighted by molar-refractivity contribution is 5.96. The van der Waals surface area contributed by atoms with E-state index in [1.165, 1.54) is 12.4 Å². The first-order valence-electron chi connectivity index (χ1n) is 3.98. The van der Waals surface area contributed by atoms with Crippen molar-refractivity contribution in [2.45, 2.75) is 13.3 Å². The van der Waals surface area contributed by atoms with E-state index >= 15 is 0 Å². The van der Waals surface area contributed by atoms with Crippen LogP contribution in [0.2, 0.25) is 0 Å². The lowest BCUT2D eigenvalue weighted by Gasteiger charge is -2.11. The molecular formula is C9H11NO3. The van der Waals surface area contributed by atoms with Crippen molar-refractivity contribution in [2.24, 2.45) is 5.92 Å². The molecule has 0 radical (unpaired) electrons. The predicted molar refractivity (Wildman–Crippen MR) is 45.9 cm³/mol. The van der Waals surface area contributed by atoms with Crippen molar-refractivity contribution in [1.82, 2.24) is 5.48 Å². The summed E-state index contributed by atoms with van der Waals surface area (Å²) in [5.41, 5.74) is 1.92. The van der Waals surface area contributed by atoms with Crippen molar-refractivity contribution >= 4 is 11.7 Å². The highest BCUT2D eigenvalue weighted by Crippen LogP contribution is 2.16. The summed E-state index contributed by atoms with van der Waals surface area (Å²) in [6, 6.07) is 0. The summed E-state index contributed by atoms with van der Waals surface area (Å²) in [6.07, 6.45) is 5.38. The van der Waals surface area contributed by atoms with Gasteiger partial charge in [-0.15, -0.1) is 0 Å². The van der Waals surface area contributed by atoms with Crippen LogP contribution in [0.5, 0.6) is 0 Å². The summed E-state index contributed by atoms with van der Waals surface area (Å²) < 4.78 is 0. The molecule has 1 rings (SSSR count). The predicted octanol–water partition coefficient (Wildman–Crippen LogP) is 0.583. The zero-order valence-corrected chi connectivity index (χ0v) is 7.28. The molecule has 1 aliphatic rings. The molecule has 1 amide bonds. The van der Waals surface area contributed by atoms with Gasteiger partial charge in [-0.05, 0) is 13.3 Å². The summed E-state index contributed by atoms with van der Waals surface area (Å²) in [5.74, 6) is -0.593. The summed E-state index contributed by atoms with van der Waals surface area (Å²) in [6.45, 7) is 1.51. The van der Waals surface area contributed by atoms with E-state index in [2.05, 4.69) is 0 Å². The maximum absolute atomic E-state index is 10.9. The van der Waals surface area contributed by atoms with E-state index in [1.54, 1.807) is 18.2 Å². The topological polar surface area (TPSA) is 66.4 Å². The molecule has 4 nitrogen and oxygen atoms in total. The second kappa shape index (κ2) is 4.00. The number of rotatable bonds is 2. The van der Waals surface area contributed by atoms with E-state index in [0.29, 0.717) is 12.0 Å². The third-order valence-electron chi connectivity index (χ3n) is 1.99. The van der Waals surface area contributed by atoms with Crippen LogP contribution in [0, 0.1) is 5.92 Å². The Morgan fingerprint density at radius 1 is 1.62 bits per heavy atom. The van der Waals surface area contributed by atoms with E-state index in [0.717, 1.165) is 0 Å². The molecule has 1 aliphatic carbocycles. The third kappa shape index (κ3) is 2.26. The molecule has 13 heavy (non-hydrogen) atoms. The largest absolute Gasteiger partial charge is 0.299 e. The normalized spacial score (nSPS) is 20.8. The van der Waals surface area contributed by atoms with E-state index in [4.69, 9.17) is 5.21 Å². The van der Waals surface area contributed by atoms with E-state index in [9.17, 15) is 9.59 Å². The number of hydroxylamine groups is 1. The first-order valence-corrected chi connectivity index (χ1v) is 3.98. The van der Waals surface area contributed by atoms with Gasteiger partial charge in [-0.2, -0.15) is 0 Å². The van der Waals surface area contributed by atoms with Crippen LogP contribution in [0.1, 0.15) is 13.3 Å². The quantitative estimate of drug-likeness (QED) is 0.483. The van der Waals surface area contributed by atoms with Gasteiger partial charge in [-0.1, -0.05) is 18.2 Å². The molecule has 0 saturated heterocycles. The molecule has 0 aliphatic heterocycles. The Morgan fingerprint density at radius 3 is 2.69 bits per heavy atom. The fourth-order valence-corrected chi connectivity index (χ4v) is 1.15. The van der Waals surface area contributed by atoms with Crippen LogP contribution in [0.3, 0.4) is 0 Å². The molecule has 2 N–H and O–H groups in total. The standard InChI is InChI=1S/C9H11NO3/c1-6(11)7-2-4-8(5-3-7)9(12)10-13/h2,4-5,7,13H,3H2,1H3,(H,10,12). The van der Waals surface area contributed by atoms with Crippen molar-refractivity contribution in [2.75, 3.05) is 0 Å². The zero-order chi connectivity index (χ0) is 9.84. The minimum absolute atomic E-state index is 0.0796. The van der Waals surface area contributed by atoms with Gasteiger partial charge < -0.3 is 0 Å². The van der Waals surface area contributed by atoms with Gasteiger partial charge in [0, 0.05) is 11.5 Å². The lowest BCUT2D eigenvalue weighted by Crippen LogP contribution is -2.22. The zero-order valence-electron chi connectivity index (χ0n) is 7.28. The Bertz CT molecular complexity index is 291. The summed E-state index contributed by atoms with van der Waals surface area (Å²) in [7, 11) is 0. The molecule has 0 aromatic rings. The van der Waals surface area contributed by atoms with Crippen LogP contribution in [0.4, 0.5) is 0 Å². The van der Waals surface area contributed by atoms with Gasteiger partial charge in [0.25, 0.3) is 5.91 Å². The molecule has 0 heterocycles. The highest BCUT2D eigenvalue weighted by Gasteiger charge is 2.15. The maximum atomic E-state index is 10.9. The van der Waals surface area contributed by atoms with Crippen LogP contribution in [0.25, 0.3) is 0 Å². The van der Waals surface area contributed by atoms with Crippen LogP contribution in [0.15, 0.2) is 23.8 Å². The molecule has 1 unspecified atom stereocenters.